The molecule has 0 unspecified atom stereocenters. The summed E-state index contributed by atoms with van der Waals surface area (Å²) in [6, 6.07) is 12.8. The molecule has 0 radical (unpaired) electrons. The van der Waals surface area contributed by atoms with Crippen molar-refractivity contribution >= 4 is 27.5 Å². The van der Waals surface area contributed by atoms with Crippen molar-refractivity contribution in [1.29, 1.82) is 0 Å². The smallest absolute Gasteiger partial charge is 0.223 e. The number of nitrogens with one attached hydrogen (secondary N) is 1. The van der Waals surface area contributed by atoms with Gasteiger partial charge in [0.2, 0.25) is 15.9 Å². The van der Waals surface area contributed by atoms with Crippen LogP contribution in [-0.4, -0.2) is 38.8 Å². The molecule has 2 aromatic rings. The van der Waals surface area contributed by atoms with Crippen LogP contribution < -0.4 is 10.1 Å². The Labute approximate surface area is 196 Å². The van der Waals surface area contributed by atoms with E-state index in [9.17, 15) is 13.2 Å². The second-order valence-electron chi connectivity index (χ2n) is 8.26. The van der Waals surface area contributed by atoms with E-state index in [1.54, 1.807) is 31.4 Å². The first-order chi connectivity index (χ1) is 15.2. The fourth-order valence-corrected chi connectivity index (χ4v) is 5.92. The highest BCUT2D eigenvalue weighted by Crippen LogP contribution is 2.27. The Kier molecular flexibility index (Phi) is 8.20. The van der Waals surface area contributed by atoms with E-state index in [2.05, 4.69) is 5.32 Å². The van der Waals surface area contributed by atoms with Crippen LogP contribution in [0.4, 0.5) is 0 Å². The molecule has 174 valence electrons. The van der Waals surface area contributed by atoms with Gasteiger partial charge in [-0.05, 0) is 61.1 Å². The molecule has 2 aromatic carbocycles. The number of carbonyl (C=O) groups excluding carboxylic acids is 1. The summed E-state index contributed by atoms with van der Waals surface area (Å²) < 4.78 is 32.4. The highest BCUT2D eigenvalue weighted by Gasteiger charge is 2.32. The molecule has 1 fully saturated rings. The maximum absolute atomic E-state index is 12.9. The van der Waals surface area contributed by atoms with E-state index in [0.717, 1.165) is 23.3 Å². The molecule has 32 heavy (non-hydrogen) atoms. The fraction of sp³-hybridized carbons (Fsp3) is 0.458. The Morgan fingerprint density at radius 2 is 1.94 bits per heavy atom. The van der Waals surface area contributed by atoms with E-state index in [4.69, 9.17) is 16.3 Å². The summed E-state index contributed by atoms with van der Waals surface area (Å²) in [5, 5.41) is 3.67. The summed E-state index contributed by atoms with van der Waals surface area (Å²) >= 11 is 5.98. The molecule has 1 saturated heterocycles. The maximum Gasteiger partial charge on any atom is 0.223 e. The summed E-state index contributed by atoms with van der Waals surface area (Å²) in [5.41, 5.74) is 2.73. The molecule has 1 N–H and O–H groups in total. The molecule has 1 aliphatic heterocycles. The van der Waals surface area contributed by atoms with Gasteiger partial charge in [0.15, 0.2) is 0 Å². The topological polar surface area (TPSA) is 75.7 Å². The van der Waals surface area contributed by atoms with Gasteiger partial charge in [-0.15, -0.1) is 0 Å². The third kappa shape index (κ3) is 6.03. The molecule has 0 aliphatic carbocycles. The summed E-state index contributed by atoms with van der Waals surface area (Å²) in [6.07, 6.45) is 1.79. The van der Waals surface area contributed by atoms with E-state index in [1.165, 1.54) is 4.31 Å². The van der Waals surface area contributed by atoms with E-state index >= 15 is 0 Å². The Hall–Kier alpha value is -2.09. The average Bonchev–Trinajstić information content (AvgIpc) is 2.77. The summed E-state index contributed by atoms with van der Waals surface area (Å²) in [7, 11) is -1.81. The van der Waals surface area contributed by atoms with Crippen molar-refractivity contribution in [2.45, 2.75) is 44.9 Å². The van der Waals surface area contributed by atoms with Gasteiger partial charge in [0, 0.05) is 24.0 Å². The highest BCUT2D eigenvalue weighted by atomic mass is 35.5. The van der Waals surface area contributed by atoms with Crippen LogP contribution in [0.2, 0.25) is 5.02 Å². The van der Waals surface area contributed by atoms with Crippen LogP contribution >= 0.6 is 11.6 Å². The predicted molar refractivity (Wildman–Crippen MR) is 127 cm³/mol. The molecule has 0 bridgehead atoms. The number of piperidine rings is 1. The molecule has 1 amide bonds. The highest BCUT2D eigenvalue weighted by molar-refractivity contribution is 7.88. The number of halogens is 1. The number of nitrogens with zero attached hydrogens (tertiary/aromatic N) is 1. The summed E-state index contributed by atoms with van der Waals surface area (Å²) in [5.74, 6) is 0.526. The third-order valence-corrected chi connectivity index (χ3v) is 8.09. The van der Waals surface area contributed by atoms with Crippen LogP contribution in [0.15, 0.2) is 42.5 Å². The van der Waals surface area contributed by atoms with Gasteiger partial charge in [-0.3, -0.25) is 4.79 Å². The van der Waals surface area contributed by atoms with Crippen molar-refractivity contribution in [2.75, 3.05) is 20.2 Å². The molecule has 0 saturated carbocycles. The van der Waals surface area contributed by atoms with Crippen molar-refractivity contribution in [3.05, 3.63) is 64.2 Å². The zero-order valence-corrected chi connectivity index (χ0v) is 20.4. The maximum atomic E-state index is 12.9. The molecule has 0 aromatic heterocycles. The minimum atomic E-state index is -3.45. The molecule has 3 rings (SSSR count). The van der Waals surface area contributed by atoms with Gasteiger partial charge in [0.25, 0.3) is 0 Å². The molecule has 8 heteroatoms. The number of benzene rings is 2. The Balaban J connectivity index is 1.58. The number of ether oxygens (including phenoxy) is 1. The van der Waals surface area contributed by atoms with E-state index in [-0.39, 0.29) is 23.6 Å². The van der Waals surface area contributed by atoms with Crippen LogP contribution in [0.1, 0.15) is 48.9 Å². The summed E-state index contributed by atoms with van der Waals surface area (Å²) in [4.78, 5) is 12.9. The fourth-order valence-electron chi connectivity index (χ4n) is 4.15. The third-order valence-electron chi connectivity index (χ3n) is 6.00. The van der Waals surface area contributed by atoms with Crippen molar-refractivity contribution in [3.63, 3.8) is 0 Å². The lowest BCUT2D eigenvalue weighted by Gasteiger charge is -2.31. The van der Waals surface area contributed by atoms with E-state index < -0.39 is 10.0 Å². The number of amides is 1. The largest absolute Gasteiger partial charge is 0.496 e. The zero-order valence-electron chi connectivity index (χ0n) is 18.8. The van der Waals surface area contributed by atoms with Crippen LogP contribution in [0, 0.1) is 12.8 Å². The lowest BCUT2D eigenvalue weighted by atomic mass is 9.95. The normalized spacial score (nSPS) is 16.5. The van der Waals surface area contributed by atoms with Crippen LogP contribution in [0.3, 0.4) is 0 Å². The molecule has 6 nitrogen and oxygen atoms in total. The van der Waals surface area contributed by atoms with Crippen molar-refractivity contribution in [3.8, 4) is 5.75 Å². The number of methoxy groups -OCH3 is 1. The van der Waals surface area contributed by atoms with Crippen molar-refractivity contribution in [2.24, 2.45) is 5.92 Å². The van der Waals surface area contributed by atoms with Gasteiger partial charge in [0.05, 0.1) is 18.9 Å². The van der Waals surface area contributed by atoms with E-state index in [1.807, 2.05) is 32.0 Å². The number of sulfonamides is 1. The number of hydrogen-bond acceptors (Lipinski definition) is 4. The lowest BCUT2D eigenvalue weighted by molar-refractivity contribution is -0.126. The first kappa shape index (κ1) is 24.6. The number of carbonyl (C=O) groups is 1. The van der Waals surface area contributed by atoms with Crippen molar-refractivity contribution < 1.29 is 17.9 Å². The standard InChI is InChI=1S/C24H31ClN2O4S/c1-4-22(20-8-9-23(31-3)17(2)14-20)26-24(28)19-10-12-27(13-11-19)32(29,30)16-18-6-5-7-21(25)15-18/h5-9,14-15,19,22H,4,10-13,16H2,1-3H3,(H,26,28)/t22-/m1/s1. The minimum Gasteiger partial charge on any atom is -0.496 e. The molecule has 1 atom stereocenters. The molecule has 1 aliphatic rings. The van der Waals surface area contributed by atoms with Crippen molar-refractivity contribution in [1.82, 2.24) is 9.62 Å². The molecule has 0 spiro atoms. The predicted octanol–water partition coefficient (Wildman–Crippen LogP) is 4.47. The lowest BCUT2D eigenvalue weighted by Crippen LogP contribution is -2.44. The van der Waals surface area contributed by atoms with Gasteiger partial charge >= 0.3 is 0 Å². The Bertz CT molecular complexity index is 1050. The first-order valence-corrected chi connectivity index (χ1v) is 12.9. The molecular weight excluding hydrogens is 448 g/mol. The second-order valence-corrected chi connectivity index (χ2v) is 10.7. The number of rotatable bonds is 8. The second kappa shape index (κ2) is 10.7. The van der Waals surface area contributed by atoms with Gasteiger partial charge in [0.1, 0.15) is 5.75 Å². The minimum absolute atomic E-state index is 0.0165. The summed E-state index contributed by atoms with van der Waals surface area (Å²) in [6.45, 7) is 4.71. The van der Waals surface area contributed by atoms with Gasteiger partial charge < -0.3 is 10.1 Å². The van der Waals surface area contributed by atoms with Crippen LogP contribution in [0.25, 0.3) is 0 Å². The number of aryl methyl sites for hydroxylation is 1. The van der Waals surface area contributed by atoms with Gasteiger partial charge in [-0.1, -0.05) is 42.8 Å². The van der Waals surface area contributed by atoms with Crippen LogP contribution in [0.5, 0.6) is 5.75 Å². The average molecular weight is 479 g/mol. The van der Waals surface area contributed by atoms with Gasteiger partial charge in [-0.2, -0.15) is 0 Å². The first-order valence-electron chi connectivity index (χ1n) is 10.9. The Morgan fingerprint density at radius 3 is 2.53 bits per heavy atom. The molecule has 1 heterocycles. The quantitative estimate of drug-likeness (QED) is 0.607. The molecular formula is C24H31ClN2O4S. The van der Waals surface area contributed by atoms with Crippen LogP contribution in [-0.2, 0) is 20.6 Å². The SMILES string of the molecule is CC[C@@H](NC(=O)C1CCN(S(=O)(=O)Cc2cccc(Cl)c2)CC1)c1ccc(OC)c(C)c1. The monoisotopic (exact) mass is 478 g/mol. The zero-order chi connectivity index (χ0) is 23.3. The van der Waals surface area contributed by atoms with E-state index in [0.29, 0.717) is 36.5 Å². The Morgan fingerprint density at radius 1 is 1.22 bits per heavy atom. The van der Waals surface area contributed by atoms with Gasteiger partial charge in [-0.25, -0.2) is 12.7 Å². The number of hydrogen-bond donors (Lipinski definition) is 1.